The minimum absolute atomic E-state index is 0.151. The van der Waals surface area contributed by atoms with Gasteiger partial charge in [-0.2, -0.15) is 0 Å². The first-order valence-corrected chi connectivity index (χ1v) is 10.6. The summed E-state index contributed by atoms with van der Waals surface area (Å²) < 4.78 is 38.9. The zero-order valence-corrected chi connectivity index (χ0v) is 16.1. The first-order chi connectivity index (χ1) is 13.0. The van der Waals surface area contributed by atoms with Gasteiger partial charge in [0.15, 0.2) is 11.5 Å². The van der Waals surface area contributed by atoms with Crippen LogP contribution < -0.4 is 24.0 Å². The fourth-order valence-corrected chi connectivity index (χ4v) is 4.37. The van der Waals surface area contributed by atoms with Crippen molar-refractivity contribution in [2.45, 2.75) is 4.90 Å². The molecule has 0 bridgehead atoms. The maximum atomic E-state index is 12.7. The van der Waals surface area contributed by atoms with Gasteiger partial charge in [0, 0.05) is 17.4 Å². The second-order valence-electron chi connectivity index (χ2n) is 6.90. The molecule has 0 spiro atoms. The standard InChI is InChI=1S/C19H23N3O4S/c1-21-8-10-22(11-9-21)16-4-2-15(3-5-16)20-27(23,24)17-6-7-18-19(14-17)26-13-12-25-18/h2-7,14,20H,8-13H2,1H3/p+1. The van der Waals surface area contributed by atoms with Crippen molar-refractivity contribution >= 4 is 21.4 Å². The number of nitrogens with zero attached hydrogens (tertiary/aromatic N) is 1. The molecular formula is C19H24N3O4S+. The zero-order valence-electron chi connectivity index (χ0n) is 15.3. The minimum atomic E-state index is -3.69. The first kappa shape index (κ1) is 17.9. The Labute approximate surface area is 159 Å². The smallest absolute Gasteiger partial charge is 0.262 e. The summed E-state index contributed by atoms with van der Waals surface area (Å²) in [6.07, 6.45) is 0. The van der Waals surface area contributed by atoms with Crippen LogP contribution in [-0.4, -0.2) is 54.9 Å². The van der Waals surface area contributed by atoms with Crippen molar-refractivity contribution in [3.63, 3.8) is 0 Å². The molecule has 2 aliphatic rings. The van der Waals surface area contributed by atoms with Crippen LogP contribution in [0.5, 0.6) is 11.5 Å². The Morgan fingerprint density at radius 2 is 1.63 bits per heavy atom. The van der Waals surface area contributed by atoms with Gasteiger partial charge < -0.3 is 19.3 Å². The third-order valence-corrected chi connectivity index (χ3v) is 6.30. The Kier molecular flexibility index (Phi) is 4.84. The van der Waals surface area contributed by atoms with E-state index in [2.05, 4.69) is 16.7 Å². The maximum absolute atomic E-state index is 12.7. The molecule has 0 radical (unpaired) electrons. The summed E-state index contributed by atoms with van der Waals surface area (Å²) in [6.45, 7) is 5.12. The molecule has 1 fully saturated rings. The number of sulfonamides is 1. The number of anilines is 2. The van der Waals surface area contributed by atoms with E-state index in [1.54, 1.807) is 18.2 Å². The summed E-state index contributed by atoms with van der Waals surface area (Å²) in [7, 11) is -1.49. The van der Waals surface area contributed by atoms with Crippen molar-refractivity contribution in [1.82, 2.24) is 0 Å². The maximum Gasteiger partial charge on any atom is 0.262 e. The topological polar surface area (TPSA) is 72.3 Å². The molecule has 2 aromatic carbocycles. The van der Waals surface area contributed by atoms with Gasteiger partial charge >= 0.3 is 0 Å². The largest absolute Gasteiger partial charge is 0.486 e. The van der Waals surface area contributed by atoms with Gasteiger partial charge in [0.25, 0.3) is 10.0 Å². The SMILES string of the molecule is C[NH+]1CCN(c2ccc(NS(=O)(=O)c3ccc4c(c3)OCCO4)cc2)CC1. The van der Waals surface area contributed by atoms with Crippen molar-refractivity contribution in [2.24, 2.45) is 0 Å². The van der Waals surface area contributed by atoms with E-state index in [0.717, 1.165) is 31.9 Å². The van der Waals surface area contributed by atoms with Crippen molar-refractivity contribution in [3.05, 3.63) is 42.5 Å². The molecule has 2 aromatic rings. The van der Waals surface area contributed by atoms with Crippen molar-refractivity contribution < 1.29 is 22.8 Å². The van der Waals surface area contributed by atoms with Gasteiger partial charge in [-0.1, -0.05) is 0 Å². The van der Waals surface area contributed by atoms with E-state index in [1.165, 1.54) is 17.0 Å². The number of hydrogen-bond donors (Lipinski definition) is 2. The lowest BCUT2D eigenvalue weighted by Crippen LogP contribution is -3.12. The molecular weight excluding hydrogens is 366 g/mol. The molecule has 1 saturated heterocycles. The highest BCUT2D eigenvalue weighted by Crippen LogP contribution is 2.32. The molecule has 0 saturated carbocycles. The Morgan fingerprint density at radius 1 is 0.963 bits per heavy atom. The molecule has 0 amide bonds. The summed E-state index contributed by atoms with van der Waals surface area (Å²) >= 11 is 0. The number of ether oxygens (including phenoxy) is 2. The number of quaternary nitrogens is 1. The van der Waals surface area contributed by atoms with Crippen molar-refractivity contribution in [1.29, 1.82) is 0 Å². The highest BCUT2D eigenvalue weighted by Gasteiger charge is 2.20. The van der Waals surface area contributed by atoms with Crippen LogP contribution in [0.2, 0.25) is 0 Å². The van der Waals surface area contributed by atoms with Gasteiger partial charge in [-0.25, -0.2) is 8.42 Å². The van der Waals surface area contributed by atoms with Crippen LogP contribution >= 0.6 is 0 Å². The molecule has 27 heavy (non-hydrogen) atoms. The highest BCUT2D eigenvalue weighted by molar-refractivity contribution is 7.92. The first-order valence-electron chi connectivity index (χ1n) is 9.10. The van der Waals surface area contributed by atoms with E-state index in [1.807, 2.05) is 12.1 Å². The fraction of sp³-hybridized carbons (Fsp3) is 0.368. The molecule has 4 rings (SSSR count). The monoisotopic (exact) mass is 390 g/mol. The number of nitrogens with one attached hydrogen (secondary N) is 2. The predicted octanol–water partition coefficient (Wildman–Crippen LogP) is 0.593. The molecule has 0 aromatic heterocycles. The van der Waals surface area contributed by atoms with Crippen LogP contribution in [0.3, 0.4) is 0 Å². The number of hydrogen-bond acceptors (Lipinski definition) is 5. The second kappa shape index (κ2) is 7.28. The predicted molar refractivity (Wildman–Crippen MR) is 104 cm³/mol. The van der Waals surface area contributed by atoms with Crippen LogP contribution in [-0.2, 0) is 10.0 Å². The van der Waals surface area contributed by atoms with Gasteiger partial charge in [-0.3, -0.25) is 4.72 Å². The quantitative estimate of drug-likeness (QED) is 0.800. The van der Waals surface area contributed by atoms with E-state index >= 15 is 0 Å². The number of rotatable bonds is 4. The Hall–Kier alpha value is -2.45. The van der Waals surface area contributed by atoms with Crippen LogP contribution in [0.15, 0.2) is 47.4 Å². The summed E-state index contributed by atoms with van der Waals surface area (Å²) in [4.78, 5) is 4.01. The van der Waals surface area contributed by atoms with Gasteiger partial charge in [-0.05, 0) is 36.4 Å². The van der Waals surface area contributed by atoms with E-state index in [0.29, 0.717) is 30.4 Å². The molecule has 2 aliphatic heterocycles. The zero-order chi connectivity index (χ0) is 18.9. The van der Waals surface area contributed by atoms with E-state index in [9.17, 15) is 8.42 Å². The average molecular weight is 390 g/mol. The van der Waals surface area contributed by atoms with Crippen LogP contribution in [0.25, 0.3) is 0 Å². The lowest BCUT2D eigenvalue weighted by atomic mass is 10.2. The molecule has 0 unspecified atom stereocenters. The van der Waals surface area contributed by atoms with Crippen LogP contribution in [0, 0.1) is 0 Å². The van der Waals surface area contributed by atoms with Gasteiger partial charge in [0.2, 0.25) is 0 Å². The number of likely N-dealkylation sites (N-methyl/N-ethyl adjacent to an activating group) is 1. The molecule has 2 N–H and O–H groups in total. The molecule has 2 heterocycles. The van der Waals surface area contributed by atoms with E-state index in [-0.39, 0.29) is 4.90 Å². The number of fused-ring (bicyclic) bond motifs is 1. The third kappa shape index (κ3) is 3.96. The molecule has 8 heteroatoms. The Bertz CT molecular complexity index is 907. The molecule has 7 nitrogen and oxygen atoms in total. The molecule has 0 atom stereocenters. The Balaban J connectivity index is 1.48. The fourth-order valence-electron chi connectivity index (χ4n) is 3.29. The summed E-state index contributed by atoms with van der Waals surface area (Å²) in [5.41, 5.74) is 1.65. The van der Waals surface area contributed by atoms with Crippen molar-refractivity contribution in [2.75, 3.05) is 56.1 Å². The summed E-state index contributed by atoms with van der Waals surface area (Å²) in [5, 5.41) is 0. The average Bonchev–Trinajstić information content (AvgIpc) is 2.68. The highest BCUT2D eigenvalue weighted by atomic mass is 32.2. The van der Waals surface area contributed by atoms with E-state index < -0.39 is 10.0 Å². The lowest BCUT2D eigenvalue weighted by molar-refractivity contribution is -0.880. The van der Waals surface area contributed by atoms with Crippen molar-refractivity contribution in [3.8, 4) is 11.5 Å². The summed E-state index contributed by atoms with van der Waals surface area (Å²) in [6, 6.07) is 12.2. The van der Waals surface area contributed by atoms with E-state index in [4.69, 9.17) is 9.47 Å². The second-order valence-corrected chi connectivity index (χ2v) is 8.58. The minimum Gasteiger partial charge on any atom is -0.486 e. The summed E-state index contributed by atoms with van der Waals surface area (Å²) in [5.74, 6) is 1.02. The molecule has 144 valence electrons. The number of piperazine rings is 1. The van der Waals surface area contributed by atoms with Gasteiger partial charge in [-0.15, -0.1) is 0 Å². The molecule has 0 aliphatic carbocycles. The van der Waals surface area contributed by atoms with Crippen LogP contribution in [0.1, 0.15) is 0 Å². The third-order valence-electron chi connectivity index (χ3n) is 4.93. The van der Waals surface area contributed by atoms with Crippen LogP contribution in [0.4, 0.5) is 11.4 Å². The van der Waals surface area contributed by atoms with Gasteiger partial charge in [0.1, 0.15) is 13.2 Å². The van der Waals surface area contributed by atoms with Gasteiger partial charge in [0.05, 0.1) is 38.1 Å². The normalized spacial score (nSPS) is 17.6. The number of benzene rings is 2. The lowest BCUT2D eigenvalue weighted by Gasteiger charge is -2.31. The Morgan fingerprint density at radius 3 is 2.33 bits per heavy atom.